The molecule has 0 aliphatic heterocycles. The van der Waals surface area contributed by atoms with Crippen molar-refractivity contribution in [3.8, 4) is 0 Å². The smallest absolute Gasteiger partial charge is 0.340 e. The summed E-state index contributed by atoms with van der Waals surface area (Å²) in [5, 5.41) is 12.0. The molecule has 1 aromatic carbocycles. The van der Waals surface area contributed by atoms with Gasteiger partial charge in [0.1, 0.15) is 0 Å². The third-order valence-corrected chi connectivity index (χ3v) is 2.96. The van der Waals surface area contributed by atoms with Gasteiger partial charge in [0.15, 0.2) is 5.82 Å². The number of methoxy groups -OCH3 is 1. The fourth-order valence-electron chi connectivity index (χ4n) is 1.26. The average Bonchev–Trinajstić information content (AvgIpc) is 2.37. The van der Waals surface area contributed by atoms with E-state index in [-0.39, 0.29) is 23.7 Å². The summed E-state index contributed by atoms with van der Waals surface area (Å²) < 4.78 is 18.9. The molecule has 0 saturated carbocycles. The Morgan fingerprint density at radius 1 is 1.67 bits per heavy atom. The van der Waals surface area contributed by atoms with Crippen LogP contribution in [0.4, 0.5) is 10.1 Å². The lowest BCUT2D eigenvalue weighted by molar-refractivity contribution is 0.0595. The van der Waals surface area contributed by atoms with Crippen LogP contribution in [-0.4, -0.2) is 36.7 Å². The van der Waals surface area contributed by atoms with Gasteiger partial charge in [0.2, 0.25) is 0 Å². The molecular weight excluding hydrogens is 328 g/mol. The van der Waals surface area contributed by atoms with E-state index in [1.165, 1.54) is 19.2 Å². The molecule has 0 aliphatic carbocycles. The number of benzene rings is 1. The van der Waals surface area contributed by atoms with Crippen LogP contribution in [0, 0.1) is 5.82 Å². The van der Waals surface area contributed by atoms with Crippen LogP contribution in [-0.2, 0) is 4.74 Å². The second-order valence-electron chi connectivity index (χ2n) is 3.50. The first-order chi connectivity index (χ1) is 8.49. The normalized spacial score (nSPS) is 12.1. The minimum Gasteiger partial charge on any atom is -0.465 e. The quantitative estimate of drug-likeness (QED) is 0.638. The maximum atomic E-state index is 13.9. The van der Waals surface area contributed by atoms with Gasteiger partial charge in [-0.1, -0.05) is 15.9 Å². The Hall–Kier alpha value is -0.850. The number of esters is 1. The van der Waals surface area contributed by atoms with Crippen LogP contribution in [0.15, 0.2) is 16.6 Å². The number of carbonyl (C=O) groups excluding carboxylic acids is 1. The molecule has 0 aromatic heterocycles. The molecule has 18 heavy (non-hydrogen) atoms. The predicted molar refractivity (Wildman–Crippen MR) is 70.7 cm³/mol. The fourth-order valence-corrected chi connectivity index (χ4v) is 1.83. The number of ether oxygens (including phenoxy) is 1. The number of hydrogen-bond donors (Lipinski definition) is 2. The van der Waals surface area contributed by atoms with E-state index in [0.717, 1.165) is 0 Å². The molecule has 0 amide bonds. The lowest BCUT2D eigenvalue weighted by Gasteiger charge is -2.13. The van der Waals surface area contributed by atoms with Gasteiger partial charge >= 0.3 is 5.97 Å². The van der Waals surface area contributed by atoms with Crippen molar-refractivity contribution in [2.24, 2.45) is 0 Å². The minimum absolute atomic E-state index is 0.0342. The molecule has 2 N–H and O–H groups in total. The molecule has 0 aliphatic rings. The van der Waals surface area contributed by atoms with Gasteiger partial charge in [0.05, 0.1) is 30.3 Å². The molecule has 0 heterocycles. The number of alkyl halides is 1. The topological polar surface area (TPSA) is 58.6 Å². The summed E-state index contributed by atoms with van der Waals surface area (Å²) in [6.45, 7) is 0.0808. The third kappa shape index (κ3) is 3.83. The molecule has 100 valence electrons. The van der Waals surface area contributed by atoms with Crippen molar-refractivity contribution in [1.82, 2.24) is 0 Å². The summed E-state index contributed by atoms with van der Waals surface area (Å²) in [7, 11) is 1.17. The molecule has 0 spiro atoms. The van der Waals surface area contributed by atoms with Crippen LogP contribution >= 0.6 is 27.5 Å². The van der Waals surface area contributed by atoms with Crippen molar-refractivity contribution in [3.63, 3.8) is 0 Å². The van der Waals surface area contributed by atoms with Crippen molar-refractivity contribution in [1.29, 1.82) is 0 Å². The summed E-state index contributed by atoms with van der Waals surface area (Å²) in [5.74, 6) is -1.46. The van der Waals surface area contributed by atoms with Crippen LogP contribution in [0.2, 0.25) is 0 Å². The van der Waals surface area contributed by atoms with Crippen molar-refractivity contribution in [2.45, 2.75) is 6.10 Å². The molecule has 1 unspecified atom stereocenters. The van der Waals surface area contributed by atoms with Crippen molar-refractivity contribution < 1.29 is 19.0 Å². The van der Waals surface area contributed by atoms with Gasteiger partial charge in [-0.3, -0.25) is 0 Å². The Labute approximate surface area is 117 Å². The standard InChI is InChI=1S/C11H12BrClFNO3/c1-18-11(17)8-2-6(12)3-9(10(8)14)15-5-7(16)4-13/h2-3,7,15-16H,4-5H2,1H3. The number of halogens is 3. The summed E-state index contributed by atoms with van der Waals surface area (Å²) >= 11 is 8.59. The van der Waals surface area contributed by atoms with E-state index >= 15 is 0 Å². The molecule has 0 radical (unpaired) electrons. The van der Waals surface area contributed by atoms with Crippen molar-refractivity contribution >= 4 is 39.2 Å². The summed E-state index contributed by atoms with van der Waals surface area (Å²) in [5.41, 5.74) is -0.0938. The maximum Gasteiger partial charge on any atom is 0.340 e. The highest BCUT2D eigenvalue weighted by molar-refractivity contribution is 9.10. The van der Waals surface area contributed by atoms with Crippen LogP contribution in [0.25, 0.3) is 0 Å². The number of nitrogens with one attached hydrogen (secondary N) is 1. The van der Waals surface area contributed by atoms with Crippen LogP contribution in [0.1, 0.15) is 10.4 Å². The van der Waals surface area contributed by atoms with Gasteiger partial charge < -0.3 is 15.2 Å². The number of hydrogen-bond acceptors (Lipinski definition) is 4. The Morgan fingerprint density at radius 3 is 2.89 bits per heavy atom. The molecule has 7 heteroatoms. The number of anilines is 1. The van der Waals surface area contributed by atoms with Gasteiger partial charge in [0, 0.05) is 11.0 Å². The number of aliphatic hydroxyl groups is 1. The largest absolute Gasteiger partial charge is 0.465 e. The van der Waals surface area contributed by atoms with E-state index in [0.29, 0.717) is 4.47 Å². The zero-order valence-corrected chi connectivity index (χ0v) is 11.9. The van der Waals surface area contributed by atoms with E-state index in [4.69, 9.17) is 11.6 Å². The number of rotatable bonds is 5. The zero-order chi connectivity index (χ0) is 13.7. The monoisotopic (exact) mass is 339 g/mol. The predicted octanol–water partition coefficient (Wildman–Crippen LogP) is 2.39. The van der Waals surface area contributed by atoms with E-state index in [1.54, 1.807) is 0 Å². The van der Waals surface area contributed by atoms with Crippen molar-refractivity contribution in [3.05, 3.63) is 28.0 Å². The first-order valence-corrected chi connectivity index (χ1v) is 6.37. The highest BCUT2D eigenvalue weighted by atomic mass is 79.9. The number of aliphatic hydroxyl groups excluding tert-OH is 1. The zero-order valence-electron chi connectivity index (χ0n) is 9.54. The summed E-state index contributed by atoms with van der Waals surface area (Å²) in [4.78, 5) is 11.4. The fraction of sp³-hybridized carbons (Fsp3) is 0.364. The summed E-state index contributed by atoms with van der Waals surface area (Å²) in [6, 6.07) is 2.78. The van der Waals surface area contributed by atoms with Crippen LogP contribution < -0.4 is 5.32 Å². The molecule has 0 bridgehead atoms. The lowest BCUT2D eigenvalue weighted by atomic mass is 10.2. The van der Waals surface area contributed by atoms with Gasteiger partial charge in [-0.15, -0.1) is 11.6 Å². The van der Waals surface area contributed by atoms with Crippen LogP contribution in [0.5, 0.6) is 0 Å². The highest BCUT2D eigenvalue weighted by Crippen LogP contribution is 2.25. The first-order valence-electron chi connectivity index (χ1n) is 5.04. The van der Waals surface area contributed by atoms with E-state index in [1.807, 2.05) is 0 Å². The van der Waals surface area contributed by atoms with Crippen molar-refractivity contribution in [2.75, 3.05) is 24.9 Å². The van der Waals surface area contributed by atoms with E-state index in [2.05, 4.69) is 26.0 Å². The summed E-state index contributed by atoms with van der Waals surface area (Å²) in [6.07, 6.45) is -0.799. The minimum atomic E-state index is -0.799. The third-order valence-electron chi connectivity index (χ3n) is 2.15. The molecule has 1 atom stereocenters. The van der Waals surface area contributed by atoms with Crippen LogP contribution in [0.3, 0.4) is 0 Å². The number of carbonyl (C=O) groups is 1. The van der Waals surface area contributed by atoms with E-state index < -0.39 is 17.9 Å². The molecule has 1 rings (SSSR count). The Bertz CT molecular complexity index is 445. The lowest BCUT2D eigenvalue weighted by Crippen LogP contribution is -2.21. The van der Waals surface area contributed by atoms with Gasteiger partial charge in [0.25, 0.3) is 0 Å². The Morgan fingerprint density at radius 2 is 2.33 bits per heavy atom. The maximum absolute atomic E-state index is 13.9. The van der Waals surface area contributed by atoms with E-state index in [9.17, 15) is 14.3 Å². The molecule has 4 nitrogen and oxygen atoms in total. The first kappa shape index (κ1) is 15.2. The molecular formula is C11H12BrClFNO3. The molecule has 1 aromatic rings. The van der Waals surface area contributed by atoms with Gasteiger partial charge in [-0.2, -0.15) is 0 Å². The van der Waals surface area contributed by atoms with Gasteiger partial charge in [-0.05, 0) is 12.1 Å². The second-order valence-corrected chi connectivity index (χ2v) is 4.72. The molecule has 0 saturated heterocycles. The second kappa shape index (κ2) is 6.92. The Kier molecular flexibility index (Phi) is 5.84. The highest BCUT2D eigenvalue weighted by Gasteiger charge is 2.17. The molecule has 0 fully saturated rings. The Balaban J connectivity index is 2.98. The average molecular weight is 341 g/mol. The SMILES string of the molecule is COC(=O)c1cc(Br)cc(NCC(O)CCl)c1F. The van der Waals surface area contributed by atoms with Gasteiger partial charge in [-0.25, -0.2) is 9.18 Å².